The van der Waals surface area contributed by atoms with Crippen LogP contribution >= 0.6 is 11.8 Å². The monoisotopic (exact) mass is 473 g/mol. The van der Waals surface area contributed by atoms with Crippen molar-refractivity contribution in [2.45, 2.75) is 70.1 Å². The van der Waals surface area contributed by atoms with Gasteiger partial charge in [-0.2, -0.15) is 11.8 Å². The zero-order chi connectivity index (χ0) is 24.4. The third-order valence-corrected chi connectivity index (χ3v) is 6.29. The van der Waals surface area contributed by atoms with Crippen molar-refractivity contribution in [3.63, 3.8) is 0 Å². The highest BCUT2D eigenvalue weighted by atomic mass is 32.2. The second-order valence-corrected chi connectivity index (χ2v) is 9.00. The summed E-state index contributed by atoms with van der Waals surface area (Å²) in [7, 11) is 0. The third kappa shape index (κ3) is 7.97. The van der Waals surface area contributed by atoms with Crippen LogP contribution in [0.3, 0.4) is 0 Å². The lowest BCUT2D eigenvalue weighted by Gasteiger charge is -2.29. The Kier molecular flexibility index (Phi) is 11.5. The average molecular weight is 474 g/mol. The molecule has 4 amide bonds. The van der Waals surface area contributed by atoms with E-state index in [-0.39, 0.29) is 18.9 Å². The van der Waals surface area contributed by atoms with Crippen LogP contribution in [-0.2, 0) is 24.0 Å². The van der Waals surface area contributed by atoms with Crippen molar-refractivity contribution >= 4 is 41.4 Å². The summed E-state index contributed by atoms with van der Waals surface area (Å²) in [6, 6.07) is -4.11. The fraction of sp³-hybridized carbons (Fsp3) is 0.750. The second kappa shape index (κ2) is 13.3. The van der Waals surface area contributed by atoms with Gasteiger partial charge in [-0.15, -0.1) is 0 Å². The molecule has 11 nitrogen and oxygen atoms in total. The van der Waals surface area contributed by atoms with Gasteiger partial charge in [-0.1, -0.05) is 20.3 Å². The predicted molar refractivity (Wildman–Crippen MR) is 120 cm³/mol. The van der Waals surface area contributed by atoms with Crippen molar-refractivity contribution in [3.8, 4) is 0 Å². The lowest BCUT2D eigenvalue weighted by Crippen LogP contribution is -2.58. The van der Waals surface area contributed by atoms with Gasteiger partial charge in [0.25, 0.3) is 0 Å². The number of likely N-dealkylation sites (tertiary alicyclic amines) is 1. The molecule has 0 aromatic rings. The number of hydrogen-bond donors (Lipinski definition) is 5. The number of nitrogens with zero attached hydrogens (tertiary/aromatic N) is 1. The van der Waals surface area contributed by atoms with Crippen LogP contribution in [0.5, 0.6) is 0 Å². The van der Waals surface area contributed by atoms with E-state index in [1.54, 1.807) is 6.92 Å². The number of carboxylic acids is 1. The van der Waals surface area contributed by atoms with Crippen LogP contribution < -0.4 is 22.1 Å². The Bertz CT molecular complexity index is 706. The van der Waals surface area contributed by atoms with E-state index in [2.05, 4.69) is 10.6 Å². The molecule has 32 heavy (non-hydrogen) atoms. The number of carbonyl (C=O) groups excluding carboxylic acids is 4. The van der Waals surface area contributed by atoms with E-state index in [1.165, 1.54) is 16.7 Å². The first-order valence-electron chi connectivity index (χ1n) is 10.7. The van der Waals surface area contributed by atoms with Crippen molar-refractivity contribution in [2.75, 3.05) is 18.6 Å². The second-order valence-electron chi connectivity index (χ2n) is 8.01. The van der Waals surface area contributed by atoms with Crippen molar-refractivity contribution < 1.29 is 29.1 Å². The molecule has 7 N–H and O–H groups in total. The van der Waals surface area contributed by atoms with Crippen LogP contribution in [-0.4, -0.2) is 82.3 Å². The lowest BCUT2D eigenvalue weighted by molar-refractivity contribution is -0.149. The largest absolute Gasteiger partial charge is 0.480 e. The number of hydrogen-bond acceptors (Lipinski definition) is 7. The zero-order valence-electron chi connectivity index (χ0n) is 18.8. The van der Waals surface area contributed by atoms with E-state index in [4.69, 9.17) is 11.5 Å². The van der Waals surface area contributed by atoms with Crippen LogP contribution in [0.15, 0.2) is 0 Å². The standard InChI is InChI=1S/C20H35N5O6S/c1-4-11(2)16(22)18(28)24-13(10-15(21)26)17(27)23-12(7-9-32-3)19(29)25-8-5-6-14(25)20(30)31/h11-14,16H,4-10,22H2,1-3H3,(H2,21,26)(H,23,27)(H,24,28)(H,30,31). The number of nitrogens with two attached hydrogens (primary N) is 2. The van der Waals surface area contributed by atoms with Crippen molar-refractivity contribution in [2.24, 2.45) is 17.4 Å². The molecule has 12 heteroatoms. The van der Waals surface area contributed by atoms with Gasteiger partial charge in [-0.25, -0.2) is 4.79 Å². The van der Waals surface area contributed by atoms with E-state index in [1.807, 2.05) is 13.2 Å². The van der Waals surface area contributed by atoms with Gasteiger partial charge >= 0.3 is 5.97 Å². The van der Waals surface area contributed by atoms with Gasteiger partial charge in [-0.05, 0) is 37.2 Å². The molecule has 0 radical (unpaired) electrons. The molecule has 1 fully saturated rings. The number of nitrogens with one attached hydrogen (secondary N) is 2. The number of carbonyl (C=O) groups is 5. The van der Waals surface area contributed by atoms with Crippen LogP contribution in [0.1, 0.15) is 46.0 Å². The Morgan fingerprint density at radius 2 is 1.78 bits per heavy atom. The van der Waals surface area contributed by atoms with Crippen LogP contribution in [0, 0.1) is 5.92 Å². The number of carboxylic acid groups (broad SMARTS) is 1. The number of primary amides is 1. The molecule has 1 aliphatic heterocycles. The van der Waals surface area contributed by atoms with Gasteiger partial charge in [0.05, 0.1) is 12.5 Å². The Balaban J connectivity index is 2.99. The maximum absolute atomic E-state index is 13.0. The van der Waals surface area contributed by atoms with Crippen LogP contribution in [0.4, 0.5) is 0 Å². The van der Waals surface area contributed by atoms with E-state index < -0.39 is 60.2 Å². The predicted octanol–water partition coefficient (Wildman–Crippen LogP) is -0.966. The first kappa shape index (κ1) is 27.7. The fourth-order valence-electron chi connectivity index (χ4n) is 3.44. The van der Waals surface area contributed by atoms with Gasteiger partial charge in [0, 0.05) is 6.54 Å². The zero-order valence-corrected chi connectivity index (χ0v) is 19.7. The summed E-state index contributed by atoms with van der Waals surface area (Å²) in [5, 5.41) is 14.4. The average Bonchev–Trinajstić information content (AvgIpc) is 3.24. The summed E-state index contributed by atoms with van der Waals surface area (Å²) < 4.78 is 0. The number of rotatable bonds is 13. The molecule has 0 spiro atoms. The van der Waals surface area contributed by atoms with Crippen molar-refractivity contribution in [1.29, 1.82) is 0 Å². The summed E-state index contributed by atoms with van der Waals surface area (Å²) in [6.07, 6.45) is 3.19. The van der Waals surface area contributed by atoms with Crippen molar-refractivity contribution in [1.82, 2.24) is 15.5 Å². The molecule has 5 atom stereocenters. The van der Waals surface area contributed by atoms with E-state index >= 15 is 0 Å². The number of amides is 4. The molecule has 1 aliphatic rings. The molecule has 0 bridgehead atoms. The topological polar surface area (TPSA) is 185 Å². The van der Waals surface area contributed by atoms with E-state index in [0.717, 1.165) is 0 Å². The van der Waals surface area contributed by atoms with Crippen LogP contribution in [0.25, 0.3) is 0 Å². The van der Waals surface area contributed by atoms with E-state index in [0.29, 0.717) is 25.0 Å². The molecule has 1 rings (SSSR count). The minimum Gasteiger partial charge on any atom is -0.480 e. The van der Waals surface area contributed by atoms with Crippen molar-refractivity contribution in [3.05, 3.63) is 0 Å². The summed E-state index contributed by atoms with van der Waals surface area (Å²) >= 11 is 1.46. The molecule has 5 unspecified atom stereocenters. The highest BCUT2D eigenvalue weighted by Crippen LogP contribution is 2.20. The Morgan fingerprint density at radius 3 is 2.31 bits per heavy atom. The third-order valence-electron chi connectivity index (χ3n) is 5.64. The molecule has 0 aromatic heterocycles. The quantitative estimate of drug-likeness (QED) is 0.226. The minimum absolute atomic E-state index is 0.147. The summed E-state index contributed by atoms with van der Waals surface area (Å²) in [4.78, 5) is 62.6. The SMILES string of the molecule is CCC(C)C(N)C(=O)NC(CC(N)=O)C(=O)NC(CCSC)C(=O)N1CCCC1C(=O)O. The molecular formula is C20H35N5O6S. The molecule has 0 aromatic carbocycles. The lowest BCUT2D eigenvalue weighted by atomic mass is 9.99. The highest BCUT2D eigenvalue weighted by molar-refractivity contribution is 7.98. The Hall–Kier alpha value is -2.34. The van der Waals surface area contributed by atoms with Gasteiger partial charge in [0.15, 0.2) is 0 Å². The molecule has 1 heterocycles. The molecule has 0 aliphatic carbocycles. The summed E-state index contributed by atoms with van der Waals surface area (Å²) in [6.45, 7) is 3.95. The van der Waals surface area contributed by atoms with Gasteiger partial charge in [0.2, 0.25) is 23.6 Å². The number of aliphatic carboxylic acids is 1. The Labute approximate surface area is 192 Å². The smallest absolute Gasteiger partial charge is 0.326 e. The first-order valence-corrected chi connectivity index (χ1v) is 12.1. The molecule has 1 saturated heterocycles. The maximum atomic E-state index is 13.0. The Morgan fingerprint density at radius 1 is 1.16 bits per heavy atom. The summed E-state index contributed by atoms with van der Waals surface area (Å²) in [5.74, 6) is -3.36. The number of thioether (sulfide) groups is 1. The molecule has 182 valence electrons. The van der Waals surface area contributed by atoms with Gasteiger partial charge < -0.3 is 32.1 Å². The van der Waals surface area contributed by atoms with E-state index in [9.17, 15) is 29.1 Å². The maximum Gasteiger partial charge on any atom is 0.326 e. The first-order chi connectivity index (χ1) is 15.0. The summed E-state index contributed by atoms with van der Waals surface area (Å²) in [5.41, 5.74) is 11.2. The normalized spacial score (nSPS) is 19.5. The van der Waals surface area contributed by atoms with Gasteiger partial charge in [0.1, 0.15) is 18.1 Å². The highest BCUT2D eigenvalue weighted by Gasteiger charge is 2.38. The minimum atomic E-state index is -1.30. The molecular weight excluding hydrogens is 438 g/mol. The van der Waals surface area contributed by atoms with Gasteiger partial charge in [-0.3, -0.25) is 19.2 Å². The van der Waals surface area contributed by atoms with Crippen LogP contribution in [0.2, 0.25) is 0 Å². The molecule has 0 saturated carbocycles. The fourth-order valence-corrected chi connectivity index (χ4v) is 3.91.